The minimum absolute atomic E-state index is 0. The summed E-state index contributed by atoms with van der Waals surface area (Å²) in [7, 11) is 0. The molecule has 0 heterocycles. The number of fused-ring (bicyclic) bond motifs is 1. The summed E-state index contributed by atoms with van der Waals surface area (Å²) in [6, 6.07) is 7.37. The molecule has 0 spiro atoms. The van der Waals surface area contributed by atoms with E-state index in [1.165, 1.54) is 0 Å². The molecule has 1 atom stereocenters. The third kappa shape index (κ3) is 1.97. The van der Waals surface area contributed by atoms with Gasteiger partial charge in [0.15, 0.2) is 0 Å². The third-order valence-corrected chi connectivity index (χ3v) is 2.15. The van der Waals surface area contributed by atoms with E-state index in [1.54, 1.807) is 0 Å². The van der Waals surface area contributed by atoms with Gasteiger partial charge < -0.3 is 9.59 Å². The van der Waals surface area contributed by atoms with Crippen molar-refractivity contribution in [3.05, 3.63) is 41.5 Å². The minimum atomic E-state index is -0.364. The summed E-state index contributed by atoms with van der Waals surface area (Å²) in [6.45, 7) is 0. The molecular formula is C11H7KO2. The van der Waals surface area contributed by atoms with Gasteiger partial charge in [0.2, 0.25) is 0 Å². The van der Waals surface area contributed by atoms with Gasteiger partial charge in [0, 0.05) is 6.29 Å². The molecule has 14 heavy (non-hydrogen) atoms. The molecule has 0 radical (unpaired) electrons. The first kappa shape index (κ1) is 12.0. The Hall–Kier alpha value is -0.0636. The Bertz CT molecular complexity index is 396. The van der Waals surface area contributed by atoms with E-state index in [0.29, 0.717) is 5.57 Å². The van der Waals surface area contributed by atoms with E-state index in [1.807, 2.05) is 24.3 Å². The van der Waals surface area contributed by atoms with Crippen molar-refractivity contribution in [1.82, 2.24) is 0 Å². The molecule has 0 bridgehead atoms. The Labute approximate surface area is 125 Å². The van der Waals surface area contributed by atoms with Crippen molar-refractivity contribution in [1.29, 1.82) is 0 Å². The molecule has 0 fully saturated rings. The summed E-state index contributed by atoms with van der Waals surface area (Å²) < 4.78 is 0. The quantitative estimate of drug-likeness (QED) is 0.334. The number of benzene rings is 1. The largest absolute Gasteiger partial charge is 1.00 e. The molecule has 0 aromatic heterocycles. The van der Waals surface area contributed by atoms with Crippen LogP contribution in [0.1, 0.15) is 17.0 Å². The second-order valence-electron chi connectivity index (χ2n) is 2.88. The molecule has 64 valence electrons. The van der Waals surface area contributed by atoms with Crippen LogP contribution in [0.15, 0.2) is 24.3 Å². The fraction of sp³-hybridized carbons (Fsp3) is 0.0909. The Morgan fingerprint density at radius 2 is 1.93 bits per heavy atom. The van der Waals surface area contributed by atoms with E-state index in [0.717, 1.165) is 23.7 Å². The van der Waals surface area contributed by atoms with Gasteiger partial charge in [-0.3, -0.25) is 0 Å². The van der Waals surface area contributed by atoms with E-state index >= 15 is 0 Å². The van der Waals surface area contributed by atoms with Crippen LogP contribution < -0.4 is 51.4 Å². The van der Waals surface area contributed by atoms with Crippen LogP contribution in [0.3, 0.4) is 0 Å². The number of hydrogen-bond acceptors (Lipinski definition) is 2. The predicted octanol–water partition coefficient (Wildman–Crippen LogP) is -1.63. The molecule has 3 heteroatoms. The fourth-order valence-corrected chi connectivity index (χ4v) is 1.54. The number of carbonyl (C=O) groups excluding carboxylic acids is 2. The Kier molecular flexibility index (Phi) is 4.41. The van der Waals surface area contributed by atoms with Crippen LogP contribution in [0.2, 0.25) is 0 Å². The van der Waals surface area contributed by atoms with Gasteiger partial charge in [0.1, 0.15) is 6.29 Å². The average molecular weight is 210 g/mol. The molecular weight excluding hydrogens is 203 g/mol. The zero-order valence-electron chi connectivity index (χ0n) is 7.86. The van der Waals surface area contributed by atoms with Crippen LogP contribution >= 0.6 is 0 Å². The maximum Gasteiger partial charge on any atom is 1.00 e. The molecule has 1 unspecified atom stereocenters. The van der Waals surface area contributed by atoms with Gasteiger partial charge in [-0.05, 0) is 5.92 Å². The van der Waals surface area contributed by atoms with Crippen molar-refractivity contribution in [2.75, 3.05) is 0 Å². The van der Waals surface area contributed by atoms with Gasteiger partial charge in [0.25, 0.3) is 0 Å². The third-order valence-electron chi connectivity index (χ3n) is 2.15. The summed E-state index contributed by atoms with van der Waals surface area (Å²) >= 11 is 0. The summed E-state index contributed by atoms with van der Waals surface area (Å²) in [6.07, 6.45) is 4.38. The molecule has 1 aliphatic carbocycles. The van der Waals surface area contributed by atoms with E-state index in [2.05, 4.69) is 6.08 Å². The molecule has 0 aliphatic heterocycles. The van der Waals surface area contributed by atoms with Crippen LogP contribution in [-0.2, 0) is 9.59 Å². The second kappa shape index (κ2) is 5.14. The van der Waals surface area contributed by atoms with Crippen molar-refractivity contribution in [3.8, 4) is 0 Å². The van der Waals surface area contributed by atoms with Gasteiger partial charge in [-0.15, -0.1) is 17.2 Å². The monoisotopic (exact) mass is 210 g/mol. The summed E-state index contributed by atoms with van der Waals surface area (Å²) in [5, 5.41) is 0. The number of carbonyl (C=O) groups is 2. The van der Waals surface area contributed by atoms with Crippen molar-refractivity contribution in [3.63, 3.8) is 0 Å². The Morgan fingerprint density at radius 1 is 1.21 bits per heavy atom. The van der Waals surface area contributed by atoms with Crippen LogP contribution in [0, 0.1) is 6.08 Å². The van der Waals surface area contributed by atoms with Crippen molar-refractivity contribution >= 4 is 18.1 Å². The Morgan fingerprint density at radius 3 is 2.57 bits per heavy atom. The van der Waals surface area contributed by atoms with Crippen LogP contribution in [0.25, 0.3) is 5.57 Å². The predicted molar refractivity (Wildman–Crippen MR) is 48.0 cm³/mol. The minimum Gasteiger partial charge on any atom is -0.374 e. The smallest absolute Gasteiger partial charge is 0.374 e. The van der Waals surface area contributed by atoms with E-state index < -0.39 is 0 Å². The molecule has 2 rings (SSSR count). The second-order valence-corrected chi connectivity index (χ2v) is 2.88. The normalized spacial score (nSPS) is 17.7. The van der Waals surface area contributed by atoms with Gasteiger partial charge in [0.05, 0.1) is 0 Å². The zero-order chi connectivity index (χ0) is 9.26. The molecule has 0 saturated heterocycles. The van der Waals surface area contributed by atoms with Gasteiger partial charge in [-0.2, -0.15) is 6.08 Å². The zero-order valence-corrected chi connectivity index (χ0v) is 11.0. The molecule has 0 N–H and O–H groups in total. The molecule has 1 aliphatic rings. The van der Waals surface area contributed by atoms with Crippen molar-refractivity contribution in [2.45, 2.75) is 5.92 Å². The summed E-state index contributed by atoms with van der Waals surface area (Å²) in [5.74, 6) is -0.364. The Balaban J connectivity index is 0.000000980. The fourth-order valence-electron chi connectivity index (χ4n) is 1.54. The van der Waals surface area contributed by atoms with E-state index in [-0.39, 0.29) is 57.3 Å². The number of allylic oxidation sites excluding steroid dienone is 2. The maximum atomic E-state index is 10.6. The van der Waals surface area contributed by atoms with Crippen molar-refractivity contribution in [2.24, 2.45) is 0 Å². The van der Waals surface area contributed by atoms with E-state index in [4.69, 9.17) is 0 Å². The van der Waals surface area contributed by atoms with Crippen molar-refractivity contribution < 1.29 is 61.0 Å². The van der Waals surface area contributed by atoms with Gasteiger partial charge >= 0.3 is 51.4 Å². The van der Waals surface area contributed by atoms with E-state index in [9.17, 15) is 9.59 Å². The van der Waals surface area contributed by atoms with Gasteiger partial charge in [-0.1, -0.05) is 23.8 Å². The van der Waals surface area contributed by atoms with Crippen LogP contribution in [0.4, 0.5) is 0 Å². The first-order chi connectivity index (χ1) is 6.36. The summed E-state index contributed by atoms with van der Waals surface area (Å²) in [5.41, 5.74) is 2.20. The standard InChI is InChI=1S/C11H7O2.K/c12-6-8-5-9(7-13)11-4-2-1-3-10(8)11;/h1-4,6-8H;/q-1;+1. The average Bonchev–Trinajstić information content (AvgIpc) is 2.56. The molecule has 0 saturated carbocycles. The number of rotatable bonds is 2. The number of hydrogen-bond donors (Lipinski definition) is 0. The van der Waals surface area contributed by atoms with Crippen LogP contribution in [0.5, 0.6) is 0 Å². The topological polar surface area (TPSA) is 34.1 Å². The summed E-state index contributed by atoms with van der Waals surface area (Å²) in [4.78, 5) is 21.3. The first-order valence-corrected chi connectivity index (χ1v) is 4.00. The van der Waals surface area contributed by atoms with Crippen LogP contribution in [-0.4, -0.2) is 12.6 Å². The molecule has 2 nitrogen and oxygen atoms in total. The van der Waals surface area contributed by atoms with Gasteiger partial charge in [-0.25, -0.2) is 0 Å². The first-order valence-electron chi connectivity index (χ1n) is 4.00. The molecule has 1 aromatic rings. The molecule has 0 amide bonds. The number of aldehydes is 2. The maximum absolute atomic E-state index is 10.6. The molecule has 1 aromatic carbocycles. The SMILES string of the molecule is O=CC1=[C-]C(C=O)c2ccccc21.[K+].